The van der Waals surface area contributed by atoms with Crippen molar-refractivity contribution in [1.82, 2.24) is 4.90 Å². The lowest BCUT2D eigenvalue weighted by molar-refractivity contribution is 0.237. The van der Waals surface area contributed by atoms with Crippen LogP contribution in [0.3, 0.4) is 0 Å². The van der Waals surface area contributed by atoms with Gasteiger partial charge < -0.3 is 34.3 Å². The molecule has 0 amide bonds. The maximum absolute atomic E-state index is 12.9. The summed E-state index contributed by atoms with van der Waals surface area (Å²) in [6.45, 7) is 3.24. The molecule has 1 aliphatic rings. The van der Waals surface area contributed by atoms with E-state index in [2.05, 4.69) is 4.90 Å². The number of likely N-dealkylation sites (tertiary alicyclic amines) is 1. The molecule has 1 aliphatic heterocycles. The lowest BCUT2D eigenvalue weighted by Crippen LogP contribution is -2.25. The van der Waals surface area contributed by atoms with Crippen molar-refractivity contribution in [1.29, 1.82) is 0 Å². The summed E-state index contributed by atoms with van der Waals surface area (Å²) in [6, 6.07) is 5.08. The summed E-state index contributed by atoms with van der Waals surface area (Å²) in [4.78, 5) is 15.2. The smallest absolute Gasteiger partial charge is 0.239 e. The van der Waals surface area contributed by atoms with E-state index < -0.39 is 22.7 Å². The van der Waals surface area contributed by atoms with Crippen molar-refractivity contribution in [2.75, 3.05) is 33.4 Å². The van der Waals surface area contributed by atoms with E-state index in [0.717, 1.165) is 31.8 Å². The Morgan fingerprint density at radius 3 is 2.32 bits per heavy atom. The average molecular weight is 429 g/mol. The highest BCUT2D eigenvalue weighted by atomic mass is 16.5. The zero-order valence-corrected chi connectivity index (χ0v) is 16.9. The van der Waals surface area contributed by atoms with Gasteiger partial charge in [-0.1, -0.05) is 0 Å². The summed E-state index contributed by atoms with van der Waals surface area (Å²) >= 11 is 0. The third-order valence-electron chi connectivity index (χ3n) is 5.32. The molecule has 9 heteroatoms. The third kappa shape index (κ3) is 3.91. The Hall–Kier alpha value is -3.59. The van der Waals surface area contributed by atoms with Gasteiger partial charge in [0.2, 0.25) is 11.2 Å². The molecule has 9 nitrogen and oxygen atoms in total. The molecular formula is C22H23NO8. The minimum absolute atomic E-state index is 0.0454. The average Bonchev–Trinajstić information content (AvgIpc) is 3.24. The summed E-state index contributed by atoms with van der Waals surface area (Å²) in [7, 11) is 1.26. The molecule has 0 spiro atoms. The van der Waals surface area contributed by atoms with Crippen LogP contribution in [0.4, 0.5) is 0 Å². The lowest BCUT2D eigenvalue weighted by atomic mass is 10.1. The second-order valence-electron chi connectivity index (χ2n) is 7.37. The van der Waals surface area contributed by atoms with E-state index >= 15 is 0 Å². The summed E-state index contributed by atoms with van der Waals surface area (Å²) in [6.07, 6.45) is 2.35. The van der Waals surface area contributed by atoms with Crippen LogP contribution in [0.15, 0.2) is 33.5 Å². The number of nitrogens with zero attached hydrogens (tertiary/aromatic N) is 1. The Bertz CT molecular complexity index is 1160. The highest BCUT2D eigenvalue weighted by molar-refractivity contribution is 5.88. The highest BCUT2D eigenvalue weighted by Crippen LogP contribution is 2.42. The van der Waals surface area contributed by atoms with Crippen molar-refractivity contribution in [3.05, 3.63) is 34.5 Å². The Labute approximate surface area is 177 Å². The molecule has 0 bridgehead atoms. The molecule has 0 unspecified atom stereocenters. The first-order chi connectivity index (χ1) is 14.9. The van der Waals surface area contributed by atoms with Crippen molar-refractivity contribution in [3.63, 3.8) is 0 Å². The quantitative estimate of drug-likeness (QED) is 0.437. The number of hydrogen-bond donors (Lipinski definition) is 4. The summed E-state index contributed by atoms with van der Waals surface area (Å²) in [5, 5.41) is 39.6. The second kappa shape index (κ2) is 8.27. The first kappa shape index (κ1) is 20.7. The Morgan fingerprint density at radius 2 is 1.68 bits per heavy atom. The maximum Gasteiger partial charge on any atom is 0.239 e. The van der Waals surface area contributed by atoms with Gasteiger partial charge in [0.05, 0.1) is 7.11 Å². The van der Waals surface area contributed by atoms with Crippen LogP contribution in [0.25, 0.3) is 22.3 Å². The van der Waals surface area contributed by atoms with Gasteiger partial charge in [0, 0.05) is 24.2 Å². The van der Waals surface area contributed by atoms with Gasteiger partial charge in [0.1, 0.15) is 29.1 Å². The molecule has 0 radical (unpaired) electrons. The number of fused-ring (bicyclic) bond motifs is 1. The first-order valence-corrected chi connectivity index (χ1v) is 9.87. The van der Waals surface area contributed by atoms with Crippen LogP contribution in [0.2, 0.25) is 0 Å². The Kier molecular flexibility index (Phi) is 5.51. The Balaban J connectivity index is 1.75. The van der Waals surface area contributed by atoms with Gasteiger partial charge in [-0.3, -0.25) is 9.69 Å². The number of aromatic hydroxyl groups is 4. The molecule has 4 N–H and O–H groups in total. The number of ether oxygens (including phenoxy) is 2. The molecule has 164 valence electrons. The summed E-state index contributed by atoms with van der Waals surface area (Å²) in [5.74, 6) is -2.18. The van der Waals surface area contributed by atoms with Gasteiger partial charge in [0.25, 0.3) is 0 Å². The van der Waals surface area contributed by atoms with Crippen LogP contribution in [0, 0.1) is 0 Å². The molecule has 0 saturated carbocycles. The van der Waals surface area contributed by atoms with Crippen LogP contribution in [-0.2, 0) is 0 Å². The predicted molar refractivity (Wildman–Crippen MR) is 112 cm³/mol. The van der Waals surface area contributed by atoms with E-state index in [1.807, 2.05) is 0 Å². The topological polar surface area (TPSA) is 133 Å². The molecule has 1 saturated heterocycles. The number of phenolic OH excluding ortho intramolecular Hbond substituents is 4. The fraction of sp³-hybridized carbons (Fsp3) is 0.318. The van der Waals surface area contributed by atoms with Gasteiger partial charge in [-0.2, -0.15) is 0 Å². The Morgan fingerprint density at radius 1 is 1.00 bits per heavy atom. The highest BCUT2D eigenvalue weighted by Gasteiger charge is 2.22. The number of hydrogen-bond acceptors (Lipinski definition) is 9. The summed E-state index contributed by atoms with van der Waals surface area (Å²) < 4.78 is 16.7. The fourth-order valence-corrected chi connectivity index (χ4v) is 3.75. The largest absolute Gasteiger partial charge is 0.507 e. The molecule has 31 heavy (non-hydrogen) atoms. The van der Waals surface area contributed by atoms with E-state index in [1.54, 1.807) is 0 Å². The lowest BCUT2D eigenvalue weighted by Gasteiger charge is -2.15. The third-order valence-corrected chi connectivity index (χ3v) is 5.32. The van der Waals surface area contributed by atoms with Crippen LogP contribution in [0.5, 0.6) is 34.5 Å². The number of phenols is 4. The van der Waals surface area contributed by atoms with Crippen LogP contribution >= 0.6 is 0 Å². The number of methoxy groups -OCH3 is 1. The SMILES string of the molecule is COc1c(-c2cc(O)c(O)c(O)c2)oc2cc(OCCN3CCCC3)cc(O)c2c1=O. The van der Waals surface area contributed by atoms with E-state index in [0.29, 0.717) is 12.4 Å². The van der Waals surface area contributed by atoms with Crippen molar-refractivity contribution in [2.24, 2.45) is 0 Å². The molecule has 2 aromatic carbocycles. The van der Waals surface area contributed by atoms with Crippen molar-refractivity contribution < 1.29 is 34.3 Å². The maximum atomic E-state index is 12.9. The molecule has 2 heterocycles. The molecule has 3 aromatic rings. The normalized spacial score (nSPS) is 14.2. The van der Waals surface area contributed by atoms with Crippen molar-refractivity contribution in [3.8, 4) is 45.8 Å². The van der Waals surface area contributed by atoms with E-state index in [9.17, 15) is 25.2 Å². The van der Waals surface area contributed by atoms with Crippen molar-refractivity contribution >= 4 is 11.0 Å². The van der Waals surface area contributed by atoms with Crippen LogP contribution in [-0.4, -0.2) is 58.7 Å². The molecule has 1 aromatic heterocycles. The van der Waals surface area contributed by atoms with E-state index in [1.165, 1.54) is 32.1 Å². The molecule has 4 rings (SSSR count). The molecule has 0 atom stereocenters. The zero-order valence-electron chi connectivity index (χ0n) is 16.9. The fourth-order valence-electron chi connectivity index (χ4n) is 3.75. The van der Waals surface area contributed by atoms with Gasteiger partial charge in [-0.25, -0.2) is 0 Å². The molecule has 1 fully saturated rings. The van der Waals surface area contributed by atoms with E-state index in [4.69, 9.17) is 13.9 Å². The monoisotopic (exact) mass is 429 g/mol. The van der Waals surface area contributed by atoms with Gasteiger partial charge in [-0.05, 0) is 38.1 Å². The number of rotatable bonds is 6. The minimum Gasteiger partial charge on any atom is -0.507 e. The first-order valence-electron chi connectivity index (χ1n) is 9.87. The van der Waals surface area contributed by atoms with Gasteiger partial charge in [0.15, 0.2) is 23.0 Å². The van der Waals surface area contributed by atoms with E-state index in [-0.39, 0.29) is 33.8 Å². The summed E-state index contributed by atoms with van der Waals surface area (Å²) in [5.41, 5.74) is -0.487. The minimum atomic E-state index is -0.697. The van der Waals surface area contributed by atoms with Crippen molar-refractivity contribution in [2.45, 2.75) is 12.8 Å². The van der Waals surface area contributed by atoms with Crippen LogP contribution < -0.4 is 14.9 Å². The molecule has 0 aliphatic carbocycles. The second-order valence-corrected chi connectivity index (χ2v) is 7.37. The van der Waals surface area contributed by atoms with Crippen LogP contribution in [0.1, 0.15) is 12.8 Å². The van der Waals surface area contributed by atoms with Gasteiger partial charge >= 0.3 is 0 Å². The molecular weight excluding hydrogens is 406 g/mol. The number of benzene rings is 2. The predicted octanol–water partition coefficient (Wildman–Crippen LogP) is 2.77. The zero-order chi connectivity index (χ0) is 22.1. The van der Waals surface area contributed by atoms with Gasteiger partial charge in [-0.15, -0.1) is 0 Å². The standard InChI is InChI=1S/C22H23NO8/c1-29-22-20(28)18-14(24)10-13(30-7-6-23-4-2-3-5-23)11-17(18)31-21(22)12-8-15(25)19(27)16(26)9-12/h8-11,24-27H,2-7H2,1H3.